The fraction of sp³-hybridized carbons (Fsp3) is 0.556. The standard InChI is InChI=1S/C7H12BrN.C2H6/c1-4-5-6(2)7(8)9-3;1-2/h4-5,9H,1-3H3;1-2H3/b5-4-,7-6-;. The van der Waals surface area contributed by atoms with Crippen LogP contribution < -0.4 is 5.32 Å². The highest BCUT2D eigenvalue weighted by atomic mass is 79.9. The van der Waals surface area contributed by atoms with Crippen LogP contribution in [0, 0.1) is 0 Å². The van der Waals surface area contributed by atoms with Crippen molar-refractivity contribution in [3.63, 3.8) is 0 Å². The fourth-order valence-corrected chi connectivity index (χ4v) is 0.652. The fourth-order valence-electron chi connectivity index (χ4n) is 0.520. The molecule has 66 valence electrons. The molecule has 0 aromatic rings. The molecule has 0 heterocycles. The summed E-state index contributed by atoms with van der Waals surface area (Å²) in [6, 6.07) is 0. The van der Waals surface area contributed by atoms with Crippen molar-refractivity contribution in [2.45, 2.75) is 27.7 Å². The lowest BCUT2D eigenvalue weighted by Crippen LogP contribution is -2.00. The lowest BCUT2D eigenvalue weighted by molar-refractivity contribution is 1.06. The first-order valence-electron chi connectivity index (χ1n) is 3.89. The summed E-state index contributed by atoms with van der Waals surface area (Å²) in [6.07, 6.45) is 4.05. The van der Waals surface area contributed by atoms with Crippen molar-refractivity contribution in [1.29, 1.82) is 0 Å². The van der Waals surface area contributed by atoms with Crippen molar-refractivity contribution in [1.82, 2.24) is 5.32 Å². The Morgan fingerprint density at radius 2 is 1.82 bits per heavy atom. The molecule has 0 amide bonds. The molecule has 0 aromatic heterocycles. The van der Waals surface area contributed by atoms with Gasteiger partial charge in [-0.2, -0.15) is 0 Å². The highest BCUT2D eigenvalue weighted by Crippen LogP contribution is 2.07. The van der Waals surface area contributed by atoms with Crippen LogP contribution >= 0.6 is 15.9 Å². The Hall–Kier alpha value is -0.240. The zero-order chi connectivity index (χ0) is 9.28. The van der Waals surface area contributed by atoms with Crippen molar-refractivity contribution in [2.24, 2.45) is 0 Å². The lowest BCUT2D eigenvalue weighted by atomic mass is 10.3. The van der Waals surface area contributed by atoms with Gasteiger partial charge >= 0.3 is 0 Å². The van der Waals surface area contributed by atoms with Gasteiger partial charge in [-0.25, -0.2) is 0 Å². The van der Waals surface area contributed by atoms with Crippen molar-refractivity contribution >= 4 is 15.9 Å². The third-order valence-corrected chi connectivity index (χ3v) is 2.00. The molecule has 0 aliphatic rings. The largest absolute Gasteiger partial charge is 0.382 e. The summed E-state index contributed by atoms with van der Waals surface area (Å²) in [4.78, 5) is 0. The van der Waals surface area contributed by atoms with E-state index in [0.29, 0.717) is 0 Å². The summed E-state index contributed by atoms with van der Waals surface area (Å²) < 4.78 is 1.04. The summed E-state index contributed by atoms with van der Waals surface area (Å²) in [5.41, 5.74) is 1.21. The first-order valence-corrected chi connectivity index (χ1v) is 4.68. The van der Waals surface area contributed by atoms with Gasteiger partial charge in [-0.05, 0) is 35.4 Å². The van der Waals surface area contributed by atoms with E-state index in [-0.39, 0.29) is 0 Å². The molecule has 0 unspecified atom stereocenters. The molecule has 1 nitrogen and oxygen atoms in total. The summed E-state index contributed by atoms with van der Waals surface area (Å²) in [6.45, 7) is 8.04. The van der Waals surface area contributed by atoms with Crippen molar-refractivity contribution in [2.75, 3.05) is 7.05 Å². The van der Waals surface area contributed by atoms with E-state index < -0.39 is 0 Å². The molecule has 0 aliphatic carbocycles. The van der Waals surface area contributed by atoms with Crippen LogP contribution in [0.3, 0.4) is 0 Å². The Kier molecular flexibility index (Phi) is 11.9. The second-order valence-corrected chi connectivity index (χ2v) is 2.54. The molecule has 0 spiro atoms. The lowest BCUT2D eigenvalue weighted by Gasteiger charge is -1.98. The van der Waals surface area contributed by atoms with Gasteiger partial charge in [0.25, 0.3) is 0 Å². The van der Waals surface area contributed by atoms with E-state index in [1.807, 2.05) is 46.9 Å². The van der Waals surface area contributed by atoms with Gasteiger partial charge < -0.3 is 5.32 Å². The van der Waals surface area contributed by atoms with Crippen LogP contribution in [-0.2, 0) is 0 Å². The van der Waals surface area contributed by atoms with Gasteiger partial charge in [0.2, 0.25) is 0 Å². The maximum Gasteiger partial charge on any atom is 0.0806 e. The summed E-state index contributed by atoms with van der Waals surface area (Å²) >= 11 is 3.36. The van der Waals surface area contributed by atoms with Crippen LogP contribution in [0.4, 0.5) is 0 Å². The van der Waals surface area contributed by atoms with Gasteiger partial charge in [0.1, 0.15) is 0 Å². The number of halogens is 1. The number of allylic oxidation sites excluding steroid dienone is 3. The Labute approximate surface area is 78.7 Å². The van der Waals surface area contributed by atoms with Crippen LogP contribution in [0.15, 0.2) is 22.3 Å². The molecule has 0 aliphatic heterocycles. The van der Waals surface area contributed by atoms with Gasteiger partial charge in [0, 0.05) is 7.05 Å². The molecule has 11 heavy (non-hydrogen) atoms. The quantitative estimate of drug-likeness (QED) is 0.555. The maximum atomic E-state index is 3.36. The van der Waals surface area contributed by atoms with Crippen molar-refractivity contribution in [3.05, 3.63) is 22.3 Å². The molecule has 0 atom stereocenters. The van der Waals surface area contributed by atoms with E-state index in [1.54, 1.807) is 0 Å². The summed E-state index contributed by atoms with van der Waals surface area (Å²) in [5, 5.41) is 2.99. The van der Waals surface area contributed by atoms with E-state index >= 15 is 0 Å². The Bertz CT molecular complexity index is 136. The molecular weight excluding hydrogens is 202 g/mol. The van der Waals surface area contributed by atoms with Gasteiger partial charge in [-0.3, -0.25) is 0 Å². The van der Waals surface area contributed by atoms with E-state index in [1.165, 1.54) is 5.57 Å². The molecule has 0 aromatic carbocycles. The minimum atomic E-state index is 1.04. The van der Waals surface area contributed by atoms with Crippen molar-refractivity contribution < 1.29 is 0 Å². The number of nitrogens with one attached hydrogen (secondary N) is 1. The third-order valence-electron chi connectivity index (χ3n) is 0.982. The van der Waals surface area contributed by atoms with Crippen LogP contribution in [-0.4, -0.2) is 7.05 Å². The zero-order valence-electron chi connectivity index (χ0n) is 8.03. The first kappa shape index (κ1) is 13.4. The topological polar surface area (TPSA) is 12.0 Å². The molecule has 0 bridgehead atoms. The van der Waals surface area contributed by atoms with E-state index in [4.69, 9.17) is 0 Å². The molecule has 0 radical (unpaired) electrons. The van der Waals surface area contributed by atoms with E-state index in [0.717, 1.165) is 4.61 Å². The number of hydrogen-bond acceptors (Lipinski definition) is 1. The van der Waals surface area contributed by atoms with Gasteiger partial charge in [0.15, 0.2) is 0 Å². The zero-order valence-corrected chi connectivity index (χ0v) is 9.62. The van der Waals surface area contributed by atoms with Crippen molar-refractivity contribution in [3.8, 4) is 0 Å². The minimum absolute atomic E-state index is 1.04. The minimum Gasteiger partial charge on any atom is -0.382 e. The molecule has 1 N–H and O–H groups in total. The van der Waals surface area contributed by atoms with Crippen LogP contribution in [0.1, 0.15) is 27.7 Å². The molecule has 0 saturated heterocycles. The van der Waals surface area contributed by atoms with Gasteiger partial charge in [0.05, 0.1) is 4.61 Å². The molecule has 0 rings (SSSR count). The monoisotopic (exact) mass is 219 g/mol. The molecule has 2 heteroatoms. The summed E-state index contributed by atoms with van der Waals surface area (Å²) in [5.74, 6) is 0. The van der Waals surface area contributed by atoms with E-state index in [2.05, 4.69) is 21.2 Å². The Balaban J connectivity index is 0. The molecular formula is C9H18BrN. The predicted molar refractivity (Wildman–Crippen MR) is 56.8 cm³/mol. The summed E-state index contributed by atoms with van der Waals surface area (Å²) in [7, 11) is 1.89. The Morgan fingerprint density at radius 3 is 2.09 bits per heavy atom. The average molecular weight is 220 g/mol. The molecule has 0 fully saturated rings. The molecule has 0 saturated carbocycles. The van der Waals surface area contributed by atoms with Crippen LogP contribution in [0.2, 0.25) is 0 Å². The predicted octanol–water partition coefficient (Wildman–Crippen LogP) is 3.43. The Morgan fingerprint density at radius 1 is 1.36 bits per heavy atom. The van der Waals surface area contributed by atoms with Crippen LogP contribution in [0.25, 0.3) is 0 Å². The van der Waals surface area contributed by atoms with Crippen LogP contribution in [0.5, 0.6) is 0 Å². The number of rotatable bonds is 2. The van der Waals surface area contributed by atoms with Gasteiger partial charge in [-0.15, -0.1) is 0 Å². The van der Waals surface area contributed by atoms with E-state index in [9.17, 15) is 0 Å². The highest BCUT2D eigenvalue weighted by molar-refractivity contribution is 9.11. The second kappa shape index (κ2) is 9.76. The SMILES string of the molecule is C/C=C\C(C)=C(\Br)NC.CC. The van der Waals surface area contributed by atoms with Gasteiger partial charge in [-0.1, -0.05) is 26.0 Å². The average Bonchev–Trinajstić information content (AvgIpc) is 2.07. The highest BCUT2D eigenvalue weighted by Gasteiger charge is 1.87. The third kappa shape index (κ3) is 7.66. The smallest absolute Gasteiger partial charge is 0.0806 e. The normalized spacial score (nSPS) is 11.8. The number of hydrogen-bond donors (Lipinski definition) is 1. The maximum absolute atomic E-state index is 3.36. The first-order chi connectivity index (χ1) is 5.22. The second-order valence-electron chi connectivity index (χ2n) is 1.75.